The lowest BCUT2D eigenvalue weighted by atomic mass is 10.0. The van der Waals surface area contributed by atoms with Crippen molar-refractivity contribution in [2.45, 2.75) is 45.8 Å². The molecule has 2 unspecified atom stereocenters. The summed E-state index contributed by atoms with van der Waals surface area (Å²) in [5.74, 6) is 1.24. The van der Waals surface area contributed by atoms with Gasteiger partial charge in [0.1, 0.15) is 11.4 Å². The minimum Gasteiger partial charge on any atom is -0.466 e. The fourth-order valence-corrected chi connectivity index (χ4v) is 1.55. The molecule has 0 bridgehead atoms. The van der Waals surface area contributed by atoms with Gasteiger partial charge in [-0.2, -0.15) is 0 Å². The summed E-state index contributed by atoms with van der Waals surface area (Å²) in [4.78, 5) is 4.41. The molecule has 0 amide bonds. The highest BCUT2D eigenvalue weighted by Crippen LogP contribution is 2.20. The summed E-state index contributed by atoms with van der Waals surface area (Å²) < 4.78 is 5.23. The molecule has 0 saturated heterocycles. The molecule has 2 atom stereocenters. The van der Waals surface area contributed by atoms with E-state index < -0.39 is 5.60 Å². The average molecular weight is 267 g/mol. The number of aliphatic hydroxyl groups is 1. The highest BCUT2D eigenvalue weighted by molar-refractivity contribution is 5.80. The molecular formula is C14H25N3O2. The molecule has 0 aliphatic carbocycles. The number of guanidine groups is 1. The lowest BCUT2D eigenvalue weighted by molar-refractivity contribution is 0.0437. The molecule has 108 valence electrons. The second kappa shape index (κ2) is 7.19. The summed E-state index contributed by atoms with van der Waals surface area (Å²) in [7, 11) is 0. The molecule has 0 fully saturated rings. The number of rotatable bonds is 6. The maximum Gasteiger partial charge on any atom is 0.191 e. The van der Waals surface area contributed by atoms with Gasteiger partial charge >= 0.3 is 0 Å². The molecule has 5 nitrogen and oxygen atoms in total. The Balaban J connectivity index is 2.69. The van der Waals surface area contributed by atoms with Crippen LogP contribution in [0.2, 0.25) is 0 Å². The molecule has 0 spiro atoms. The molecule has 1 rings (SSSR count). The van der Waals surface area contributed by atoms with E-state index in [2.05, 4.69) is 29.5 Å². The van der Waals surface area contributed by atoms with E-state index in [-0.39, 0.29) is 6.54 Å². The van der Waals surface area contributed by atoms with Crippen LogP contribution < -0.4 is 10.6 Å². The molecule has 1 aromatic rings. The zero-order valence-corrected chi connectivity index (χ0v) is 12.2. The fraction of sp³-hybridized carbons (Fsp3) is 0.643. The number of furan rings is 1. The maximum absolute atomic E-state index is 10.3. The fourth-order valence-electron chi connectivity index (χ4n) is 1.55. The van der Waals surface area contributed by atoms with Crippen LogP contribution in [-0.4, -0.2) is 30.2 Å². The first-order valence-electron chi connectivity index (χ1n) is 6.80. The van der Waals surface area contributed by atoms with Crippen LogP contribution in [0.1, 0.15) is 39.9 Å². The van der Waals surface area contributed by atoms with Crippen molar-refractivity contribution in [3.8, 4) is 0 Å². The number of nitrogens with one attached hydrogen (secondary N) is 2. The highest BCUT2D eigenvalue weighted by Gasteiger charge is 2.26. The third-order valence-corrected chi connectivity index (χ3v) is 2.94. The average Bonchev–Trinajstić information content (AvgIpc) is 2.90. The van der Waals surface area contributed by atoms with Gasteiger partial charge in [0, 0.05) is 12.6 Å². The second-order valence-electron chi connectivity index (χ2n) is 4.90. The first-order chi connectivity index (χ1) is 8.99. The van der Waals surface area contributed by atoms with E-state index in [0.29, 0.717) is 17.8 Å². The van der Waals surface area contributed by atoms with Gasteiger partial charge in [-0.1, -0.05) is 6.92 Å². The van der Waals surface area contributed by atoms with Gasteiger partial charge in [0.2, 0.25) is 0 Å². The van der Waals surface area contributed by atoms with Gasteiger partial charge in [-0.3, -0.25) is 0 Å². The van der Waals surface area contributed by atoms with E-state index in [0.717, 1.165) is 13.0 Å². The van der Waals surface area contributed by atoms with E-state index in [4.69, 9.17) is 4.42 Å². The quantitative estimate of drug-likeness (QED) is 0.543. The number of hydrogen-bond donors (Lipinski definition) is 3. The number of aliphatic imine (C=N–C) groups is 1. The monoisotopic (exact) mass is 267 g/mol. The van der Waals surface area contributed by atoms with Crippen molar-refractivity contribution in [3.63, 3.8) is 0 Å². The standard InChI is InChI=1S/C14H25N3O2/c1-5-11(3)17-13(15-6-2)16-10-14(4,18)12-8-7-9-19-12/h7-9,11,18H,5-6,10H2,1-4H3,(H2,15,16,17). The van der Waals surface area contributed by atoms with E-state index in [9.17, 15) is 5.11 Å². The molecule has 5 heteroatoms. The van der Waals surface area contributed by atoms with Crippen LogP contribution in [0.4, 0.5) is 0 Å². The van der Waals surface area contributed by atoms with Crippen molar-refractivity contribution in [1.82, 2.24) is 10.6 Å². The smallest absolute Gasteiger partial charge is 0.191 e. The van der Waals surface area contributed by atoms with Crippen LogP contribution >= 0.6 is 0 Å². The van der Waals surface area contributed by atoms with Crippen LogP contribution in [0.5, 0.6) is 0 Å². The largest absolute Gasteiger partial charge is 0.466 e. The van der Waals surface area contributed by atoms with Crippen molar-refractivity contribution in [1.29, 1.82) is 0 Å². The Labute approximate surface area is 115 Å². The number of hydrogen-bond acceptors (Lipinski definition) is 3. The Bertz CT molecular complexity index is 385. The molecule has 0 aromatic carbocycles. The first-order valence-corrected chi connectivity index (χ1v) is 6.80. The Kier molecular flexibility index (Phi) is 5.89. The Morgan fingerprint density at radius 2 is 2.26 bits per heavy atom. The lowest BCUT2D eigenvalue weighted by Gasteiger charge is -2.21. The van der Waals surface area contributed by atoms with E-state index in [1.54, 1.807) is 25.3 Å². The third kappa shape index (κ3) is 4.95. The summed E-state index contributed by atoms with van der Waals surface area (Å²) in [6, 6.07) is 3.85. The lowest BCUT2D eigenvalue weighted by Crippen LogP contribution is -2.42. The molecule has 1 heterocycles. The van der Waals surface area contributed by atoms with Crippen LogP contribution in [0.3, 0.4) is 0 Å². The Morgan fingerprint density at radius 3 is 2.79 bits per heavy atom. The molecule has 0 saturated carbocycles. The summed E-state index contributed by atoms with van der Waals surface area (Å²) in [6.07, 6.45) is 2.56. The SMILES string of the molecule is CCNC(=NCC(C)(O)c1ccco1)NC(C)CC. The van der Waals surface area contributed by atoms with E-state index >= 15 is 0 Å². The van der Waals surface area contributed by atoms with Gasteiger partial charge in [0.05, 0.1) is 12.8 Å². The molecule has 0 radical (unpaired) electrons. The Morgan fingerprint density at radius 1 is 1.53 bits per heavy atom. The van der Waals surface area contributed by atoms with Gasteiger partial charge in [0.25, 0.3) is 0 Å². The van der Waals surface area contributed by atoms with Gasteiger partial charge in [0.15, 0.2) is 5.96 Å². The highest BCUT2D eigenvalue weighted by atomic mass is 16.4. The van der Waals surface area contributed by atoms with Crippen molar-refractivity contribution in [2.75, 3.05) is 13.1 Å². The molecular weight excluding hydrogens is 242 g/mol. The van der Waals surface area contributed by atoms with Crippen LogP contribution in [-0.2, 0) is 5.60 Å². The normalized spacial score (nSPS) is 16.8. The Hall–Kier alpha value is -1.49. The van der Waals surface area contributed by atoms with Crippen LogP contribution in [0.25, 0.3) is 0 Å². The molecule has 3 N–H and O–H groups in total. The molecule has 0 aliphatic heterocycles. The van der Waals surface area contributed by atoms with Crippen LogP contribution in [0, 0.1) is 0 Å². The van der Waals surface area contributed by atoms with Crippen molar-refractivity contribution in [3.05, 3.63) is 24.2 Å². The summed E-state index contributed by atoms with van der Waals surface area (Å²) in [6.45, 7) is 8.94. The minimum atomic E-state index is -1.10. The van der Waals surface area contributed by atoms with Gasteiger partial charge in [-0.15, -0.1) is 0 Å². The van der Waals surface area contributed by atoms with Gasteiger partial charge < -0.3 is 20.2 Å². The zero-order valence-electron chi connectivity index (χ0n) is 12.2. The van der Waals surface area contributed by atoms with E-state index in [1.165, 1.54) is 0 Å². The maximum atomic E-state index is 10.3. The van der Waals surface area contributed by atoms with Crippen molar-refractivity contribution < 1.29 is 9.52 Å². The predicted molar refractivity (Wildman–Crippen MR) is 77.1 cm³/mol. The van der Waals surface area contributed by atoms with Gasteiger partial charge in [-0.05, 0) is 39.3 Å². The minimum absolute atomic E-state index is 0.242. The number of nitrogens with zero attached hydrogens (tertiary/aromatic N) is 1. The third-order valence-electron chi connectivity index (χ3n) is 2.94. The summed E-state index contributed by atoms with van der Waals surface area (Å²) in [5.41, 5.74) is -1.10. The predicted octanol–water partition coefficient (Wildman–Crippen LogP) is 1.84. The molecule has 0 aliphatic rings. The zero-order chi connectivity index (χ0) is 14.3. The summed E-state index contributed by atoms with van der Waals surface area (Å²) in [5, 5.41) is 16.8. The van der Waals surface area contributed by atoms with Gasteiger partial charge in [-0.25, -0.2) is 4.99 Å². The topological polar surface area (TPSA) is 69.8 Å². The van der Waals surface area contributed by atoms with E-state index in [1.807, 2.05) is 6.92 Å². The molecule has 19 heavy (non-hydrogen) atoms. The first kappa shape index (κ1) is 15.6. The van der Waals surface area contributed by atoms with Crippen molar-refractivity contribution >= 4 is 5.96 Å². The summed E-state index contributed by atoms with van der Waals surface area (Å²) >= 11 is 0. The second-order valence-corrected chi connectivity index (χ2v) is 4.90. The van der Waals surface area contributed by atoms with Crippen molar-refractivity contribution in [2.24, 2.45) is 4.99 Å². The van der Waals surface area contributed by atoms with Crippen LogP contribution in [0.15, 0.2) is 27.8 Å². The molecule has 1 aromatic heterocycles.